The summed E-state index contributed by atoms with van der Waals surface area (Å²) in [6.45, 7) is 1.97. The molecule has 2 aromatic carbocycles. The Morgan fingerprint density at radius 3 is 2.21 bits per heavy atom. The van der Waals surface area contributed by atoms with E-state index in [0.717, 1.165) is 16.2 Å². The van der Waals surface area contributed by atoms with Gasteiger partial charge in [0.15, 0.2) is 0 Å². The first-order valence-electron chi connectivity index (χ1n) is 9.05. The van der Waals surface area contributed by atoms with Crippen molar-refractivity contribution >= 4 is 29.3 Å². The normalized spacial score (nSPS) is 18.6. The number of nitrogens with zero attached hydrogens (tertiary/aromatic N) is 2. The SMILES string of the molecule is Cc1ccc(N2CC(NC(=O)CN3C(=O)c4ccccc4C3=O)CC2=O)cc1. The predicted octanol–water partition coefficient (Wildman–Crippen LogP) is 1.51. The van der Waals surface area contributed by atoms with E-state index in [4.69, 9.17) is 0 Å². The number of fused-ring (bicyclic) bond motifs is 1. The van der Waals surface area contributed by atoms with Gasteiger partial charge in [-0.3, -0.25) is 24.1 Å². The van der Waals surface area contributed by atoms with Crippen LogP contribution in [-0.4, -0.2) is 47.7 Å². The van der Waals surface area contributed by atoms with Crippen molar-refractivity contribution in [3.05, 3.63) is 65.2 Å². The highest BCUT2D eigenvalue weighted by molar-refractivity contribution is 6.22. The molecule has 2 aromatic rings. The van der Waals surface area contributed by atoms with Crippen molar-refractivity contribution in [1.82, 2.24) is 10.2 Å². The van der Waals surface area contributed by atoms with Gasteiger partial charge in [-0.2, -0.15) is 0 Å². The van der Waals surface area contributed by atoms with Crippen molar-refractivity contribution in [2.75, 3.05) is 18.0 Å². The van der Waals surface area contributed by atoms with Crippen LogP contribution in [0, 0.1) is 6.92 Å². The van der Waals surface area contributed by atoms with Crippen LogP contribution in [0.5, 0.6) is 0 Å². The number of aryl methyl sites for hydroxylation is 1. The average molecular weight is 377 g/mol. The average Bonchev–Trinajstić information content (AvgIpc) is 3.15. The Labute approximate surface area is 161 Å². The molecule has 0 spiro atoms. The molecule has 0 aliphatic carbocycles. The van der Waals surface area contributed by atoms with E-state index in [2.05, 4.69) is 5.32 Å². The summed E-state index contributed by atoms with van der Waals surface area (Å²) in [5.41, 5.74) is 2.50. The van der Waals surface area contributed by atoms with Crippen molar-refractivity contribution in [3.8, 4) is 0 Å². The van der Waals surface area contributed by atoms with Crippen LogP contribution in [0.3, 0.4) is 0 Å². The number of hydrogen-bond donors (Lipinski definition) is 1. The number of amides is 4. The first-order chi connectivity index (χ1) is 13.4. The maximum atomic E-state index is 12.4. The zero-order valence-electron chi connectivity index (χ0n) is 15.3. The number of imide groups is 1. The van der Waals surface area contributed by atoms with Crippen LogP contribution >= 0.6 is 0 Å². The van der Waals surface area contributed by atoms with E-state index >= 15 is 0 Å². The fourth-order valence-electron chi connectivity index (χ4n) is 3.58. The summed E-state index contributed by atoms with van der Waals surface area (Å²) >= 11 is 0. The molecule has 1 fully saturated rings. The van der Waals surface area contributed by atoms with Crippen LogP contribution in [0.4, 0.5) is 5.69 Å². The molecule has 4 rings (SSSR count). The summed E-state index contributed by atoms with van der Waals surface area (Å²) in [7, 11) is 0. The molecular weight excluding hydrogens is 358 g/mol. The van der Waals surface area contributed by atoms with E-state index in [0.29, 0.717) is 17.7 Å². The largest absolute Gasteiger partial charge is 0.349 e. The second-order valence-corrected chi connectivity index (χ2v) is 7.05. The fraction of sp³-hybridized carbons (Fsp3) is 0.238. The minimum atomic E-state index is -0.473. The Morgan fingerprint density at radius 2 is 1.61 bits per heavy atom. The lowest BCUT2D eigenvalue weighted by Gasteiger charge is -2.18. The molecule has 2 aliphatic rings. The molecule has 0 radical (unpaired) electrons. The zero-order valence-corrected chi connectivity index (χ0v) is 15.3. The molecule has 0 bridgehead atoms. The van der Waals surface area contributed by atoms with Gasteiger partial charge in [-0.05, 0) is 31.2 Å². The third kappa shape index (κ3) is 3.15. The van der Waals surface area contributed by atoms with E-state index in [1.807, 2.05) is 31.2 Å². The van der Waals surface area contributed by atoms with Crippen molar-refractivity contribution in [2.24, 2.45) is 0 Å². The second kappa shape index (κ2) is 6.92. The van der Waals surface area contributed by atoms with Gasteiger partial charge in [-0.1, -0.05) is 29.8 Å². The van der Waals surface area contributed by atoms with Gasteiger partial charge in [0, 0.05) is 18.7 Å². The zero-order chi connectivity index (χ0) is 19.8. The van der Waals surface area contributed by atoms with Crippen molar-refractivity contribution in [3.63, 3.8) is 0 Å². The molecule has 4 amide bonds. The van der Waals surface area contributed by atoms with Gasteiger partial charge >= 0.3 is 0 Å². The minimum Gasteiger partial charge on any atom is -0.349 e. The predicted molar refractivity (Wildman–Crippen MR) is 102 cm³/mol. The van der Waals surface area contributed by atoms with Gasteiger partial charge in [-0.25, -0.2) is 0 Å². The standard InChI is InChI=1S/C21H19N3O4/c1-13-6-8-15(9-7-13)23-11-14(10-19(23)26)22-18(25)12-24-20(27)16-4-2-3-5-17(16)21(24)28/h2-9,14H,10-12H2,1H3,(H,22,25). The topological polar surface area (TPSA) is 86.8 Å². The summed E-state index contributed by atoms with van der Waals surface area (Å²) in [6, 6.07) is 13.7. The second-order valence-electron chi connectivity index (χ2n) is 7.05. The number of hydrogen-bond acceptors (Lipinski definition) is 4. The number of anilines is 1. The number of benzene rings is 2. The number of rotatable bonds is 4. The molecule has 0 aromatic heterocycles. The molecule has 1 N–H and O–H groups in total. The lowest BCUT2D eigenvalue weighted by molar-refractivity contribution is -0.122. The van der Waals surface area contributed by atoms with E-state index in [1.54, 1.807) is 29.2 Å². The molecule has 1 saturated heterocycles. The summed E-state index contributed by atoms with van der Waals surface area (Å²) in [4.78, 5) is 52.0. The molecule has 7 heteroatoms. The fourth-order valence-corrected chi connectivity index (χ4v) is 3.58. The highest BCUT2D eigenvalue weighted by Gasteiger charge is 2.37. The van der Waals surface area contributed by atoms with Crippen molar-refractivity contribution in [2.45, 2.75) is 19.4 Å². The molecule has 28 heavy (non-hydrogen) atoms. The molecule has 0 saturated carbocycles. The lowest BCUT2D eigenvalue weighted by atomic mass is 10.1. The van der Waals surface area contributed by atoms with E-state index < -0.39 is 17.7 Å². The maximum absolute atomic E-state index is 12.4. The van der Waals surface area contributed by atoms with Crippen LogP contribution in [0.15, 0.2) is 48.5 Å². The number of carbonyl (C=O) groups excluding carboxylic acids is 4. The Kier molecular flexibility index (Phi) is 4.43. The van der Waals surface area contributed by atoms with E-state index in [-0.39, 0.29) is 24.9 Å². The minimum absolute atomic E-state index is 0.0742. The van der Waals surface area contributed by atoms with Gasteiger partial charge in [0.1, 0.15) is 6.54 Å². The van der Waals surface area contributed by atoms with Crippen LogP contribution in [0.25, 0.3) is 0 Å². The molecule has 142 valence electrons. The van der Waals surface area contributed by atoms with Gasteiger partial charge in [-0.15, -0.1) is 0 Å². The smallest absolute Gasteiger partial charge is 0.262 e. The van der Waals surface area contributed by atoms with Crippen LogP contribution < -0.4 is 10.2 Å². The third-order valence-corrected chi connectivity index (χ3v) is 5.02. The van der Waals surface area contributed by atoms with Crippen LogP contribution in [0.2, 0.25) is 0 Å². The van der Waals surface area contributed by atoms with Crippen molar-refractivity contribution < 1.29 is 19.2 Å². The van der Waals surface area contributed by atoms with Gasteiger partial charge in [0.25, 0.3) is 11.8 Å². The Morgan fingerprint density at radius 1 is 1.00 bits per heavy atom. The summed E-state index contributed by atoms with van der Waals surface area (Å²) in [6.07, 6.45) is 0.182. The summed E-state index contributed by atoms with van der Waals surface area (Å²) < 4.78 is 0. The highest BCUT2D eigenvalue weighted by atomic mass is 16.2. The molecule has 2 aliphatic heterocycles. The number of nitrogens with one attached hydrogen (secondary N) is 1. The van der Waals surface area contributed by atoms with Gasteiger partial charge < -0.3 is 10.2 Å². The quantitative estimate of drug-likeness (QED) is 0.819. The van der Waals surface area contributed by atoms with Crippen LogP contribution in [-0.2, 0) is 9.59 Å². The first kappa shape index (κ1) is 17.9. The highest BCUT2D eigenvalue weighted by Crippen LogP contribution is 2.23. The van der Waals surface area contributed by atoms with Crippen molar-refractivity contribution in [1.29, 1.82) is 0 Å². The van der Waals surface area contributed by atoms with Gasteiger partial charge in [0.2, 0.25) is 11.8 Å². The molecule has 1 unspecified atom stereocenters. The Balaban J connectivity index is 1.39. The van der Waals surface area contributed by atoms with E-state index in [9.17, 15) is 19.2 Å². The third-order valence-electron chi connectivity index (χ3n) is 5.02. The summed E-state index contributed by atoms with van der Waals surface area (Å²) in [5.74, 6) is -1.48. The maximum Gasteiger partial charge on any atom is 0.262 e. The lowest BCUT2D eigenvalue weighted by Crippen LogP contribution is -2.44. The monoisotopic (exact) mass is 377 g/mol. The number of carbonyl (C=O) groups is 4. The molecule has 7 nitrogen and oxygen atoms in total. The van der Waals surface area contributed by atoms with Crippen LogP contribution in [0.1, 0.15) is 32.7 Å². The Hall–Kier alpha value is -3.48. The summed E-state index contributed by atoms with van der Waals surface area (Å²) in [5, 5.41) is 2.77. The molecule has 1 atom stereocenters. The van der Waals surface area contributed by atoms with E-state index in [1.165, 1.54) is 0 Å². The molecular formula is C21H19N3O4. The molecule has 2 heterocycles. The Bertz CT molecular complexity index is 948. The van der Waals surface area contributed by atoms with Gasteiger partial charge in [0.05, 0.1) is 17.2 Å². The first-order valence-corrected chi connectivity index (χ1v) is 9.05.